The van der Waals surface area contributed by atoms with Crippen LogP contribution in [0.15, 0.2) is 12.2 Å². The highest BCUT2D eigenvalue weighted by Gasteiger charge is 2.07. The molecule has 9 heavy (non-hydrogen) atoms. The van der Waals surface area contributed by atoms with Gasteiger partial charge in [0.1, 0.15) is 6.29 Å². The number of hydrogen-bond donors (Lipinski definition) is 1. The predicted octanol–water partition coefficient (Wildman–Crippen LogP) is 0.902. The van der Waals surface area contributed by atoms with Crippen molar-refractivity contribution in [1.82, 2.24) is 0 Å². The number of aliphatic hydroxyl groups is 1. The van der Waals surface area contributed by atoms with Crippen LogP contribution in [0.3, 0.4) is 0 Å². The Bertz CT molecular complexity index is 109. The molecule has 0 unspecified atom stereocenters. The number of carbonyl (C=O) groups excluding carboxylic acids is 1. The Morgan fingerprint density at radius 3 is 2.44 bits per heavy atom. The molecule has 0 amide bonds. The summed E-state index contributed by atoms with van der Waals surface area (Å²) >= 11 is 0. The lowest BCUT2D eigenvalue weighted by Gasteiger charge is -2.12. The SMILES string of the molecule is CC(C)(O)CC=CC=O. The van der Waals surface area contributed by atoms with Crippen LogP contribution in [0.5, 0.6) is 0 Å². The molecule has 0 bridgehead atoms. The van der Waals surface area contributed by atoms with Gasteiger partial charge < -0.3 is 5.11 Å². The average molecular weight is 128 g/mol. The molecule has 0 aromatic rings. The van der Waals surface area contributed by atoms with E-state index in [2.05, 4.69) is 0 Å². The molecule has 0 aliphatic carbocycles. The van der Waals surface area contributed by atoms with Crippen molar-refractivity contribution in [2.24, 2.45) is 0 Å². The Labute approximate surface area is 55.2 Å². The van der Waals surface area contributed by atoms with E-state index in [0.717, 1.165) is 0 Å². The molecule has 0 spiro atoms. The van der Waals surface area contributed by atoms with Crippen molar-refractivity contribution in [1.29, 1.82) is 0 Å². The summed E-state index contributed by atoms with van der Waals surface area (Å²) in [5.41, 5.74) is -0.695. The van der Waals surface area contributed by atoms with Crippen LogP contribution in [0.25, 0.3) is 0 Å². The van der Waals surface area contributed by atoms with Crippen molar-refractivity contribution in [3.05, 3.63) is 12.2 Å². The highest BCUT2D eigenvalue weighted by Crippen LogP contribution is 2.06. The molecule has 0 saturated heterocycles. The van der Waals surface area contributed by atoms with Crippen LogP contribution in [-0.2, 0) is 4.79 Å². The third-order valence-corrected chi connectivity index (χ3v) is 0.832. The number of allylic oxidation sites excluding steroid dienone is 1. The van der Waals surface area contributed by atoms with Crippen LogP contribution in [0.1, 0.15) is 20.3 Å². The lowest BCUT2D eigenvalue weighted by atomic mass is 10.1. The molecule has 0 aliphatic heterocycles. The zero-order chi connectivity index (χ0) is 7.33. The van der Waals surface area contributed by atoms with Gasteiger partial charge in [0.25, 0.3) is 0 Å². The van der Waals surface area contributed by atoms with Crippen LogP contribution in [0.4, 0.5) is 0 Å². The topological polar surface area (TPSA) is 37.3 Å². The third-order valence-electron chi connectivity index (χ3n) is 0.832. The fourth-order valence-electron chi connectivity index (χ4n) is 0.412. The Morgan fingerprint density at radius 2 is 2.11 bits per heavy atom. The smallest absolute Gasteiger partial charge is 0.142 e. The minimum absolute atomic E-state index is 0.520. The monoisotopic (exact) mass is 128 g/mol. The molecule has 0 aromatic heterocycles. The Morgan fingerprint density at radius 1 is 1.56 bits per heavy atom. The largest absolute Gasteiger partial charge is 0.390 e. The van der Waals surface area contributed by atoms with Gasteiger partial charge in [-0.2, -0.15) is 0 Å². The van der Waals surface area contributed by atoms with Gasteiger partial charge in [0, 0.05) is 0 Å². The van der Waals surface area contributed by atoms with Crippen molar-refractivity contribution >= 4 is 6.29 Å². The van der Waals surface area contributed by atoms with Crippen molar-refractivity contribution in [2.75, 3.05) is 0 Å². The normalized spacial score (nSPS) is 12.3. The van der Waals surface area contributed by atoms with E-state index in [0.29, 0.717) is 12.7 Å². The van der Waals surface area contributed by atoms with Gasteiger partial charge >= 0.3 is 0 Å². The quantitative estimate of drug-likeness (QED) is 0.453. The Balaban J connectivity index is 3.50. The highest BCUT2D eigenvalue weighted by atomic mass is 16.3. The van der Waals surface area contributed by atoms with Crippen molar-refractivity contribution in [3.63, 3.8) is 0 Å². The summed E-state index contributed by atoms with van der Waals surface area (Å²) in [4.78, 5) is 9.72. The fraction of sp³-hybridized carbons (Fsp3) is 0.571. The second-order valence-electron chi connectivity index (χ2n) is 2.58. The van der Waals surface area contributed by atoms with E-state index in [1.807, 2.05) is 0 Å². The minimum Gasteiger partial charge on any atom is -0.390 e. The average Bonchev–Trinajstić information content (AvgIpc) is 1.63. The molecule has 0 heterocycles. The van der Waals surface area contributed by atoms with Crippen molar-refractivity contribution in [3.8, 4) is 0 Å². The lowest BCUT2D eigenvalue weighted by Crippen LogP contribution is -2.16. The zero-order valence-electron chi connectivity index (χ0n) is 5.79. The first-order chi connectivity index (χ1) is 4.06. The molecule has 2 heteroatoms. The molecule has 0 atom stereocenters. The molecule has 2 nitrogen and oxygen atoms in total. The molecule has 0 saturated carbocycles. The lowest BCUT2D eigenvalue weighted by molar-refractivity contribution is -0.104. The van der Waals surface area contributed by atoms with Crippen LogP contribution in [-0.4, -0.2) is 17.0 Å². The van der Waals surface area contributed by atoms with E-state index in [1.54, 1.807) is 19.9 Å². The van der Waals surface area contributed by atoms with Gasteiger partial charge in [-0.1, -0.05) is 6.08 Å². The van der Waals surface area contributed by atoms with E-state index in [-0.39, 0.29) is 0 Å². The van der Waals surface area contributed by atoms with E-state index >= 15 is 0 Å². The van der Waals surface area contributed by atoms with Gasteiger partial charge in [-0.3, -0.25) is 4.79 Å². The summed E-state index contributed by atoms with van der Waals surface area (Å²) < 4.78 is 0. The number of carbonyl (C=O) groups is 1. The van der Waals surface area contributed by atoms with E-state index < -0.39 is 5.60 Å². The minimum atomic E-state index is -0.695. The number of aldehydes is 1. The van der Waals surface area contributed by atoms with Crippen molar-refractivity contribution in [2.45, 2.75) is 25.9 Å². The first-order valence-electron chi connectivity index (χ1n) is 2.89. The summed E-state index contributed by atoms with van der Waals surface area (Å²) in [5.74, 6) is 0. The standard InChI is InChI=1S/C7H12O2/c1-7(2,9)5-3-4-6-8/h3-4,6,9H,5H2,1-2H3. The first-order valence-corrected chi connectivity index (χ1v) is 2.89. The maximum absolute atomic E-state index is 9.72. The second-order valence-corrected chi connectivity index (χ2v) is 2.58. The molecule has 0 radical (unpaired) electrons. The number of hydrogen-bond acceptors (Lipinski definition) is 2. The molecule has 0 rings (SSSR count). The van der Waals surface area contributed by atoms with Crippen molar-refractivity contribution < 1.29 is 9.90 Å². The molecular formula is C7H12O2. The second kappa shape index (κ2) is 3.41. The predicted molar refractivity (Wildman–Crippen MR) is 36.1 cm³/mol. The third kappa shape index (κ3) is 7.37. The van der Waals surface area contributed by atoms with Gasteiger partial charge in [-0.15, -0.1) is 0 Å². The van der Waals surface area contributed by atoms with Crippen LogP contribution >= 0.6 is 0 Å². The van der Waals surface area contributed by atoms with Gasteiger partial charge in [-0.05, 0) is 26.3 Å². The van der Waals surface area contributed by atoms with E-state index in [1.165, 1.54) is 6.08 Å². The summed E-state index contributed by atoms with van der Waals surface area (Å²) in [7, 11) is 0. The summed E-state index contributed by atoms with van der Waals surface area (Å²) in [5, 5.41) is 9.08. The van der Waals surface area contributed by atoms with Crippen LogP contribution < -0.4 is 0 Å². The zero-order valence-corrected chi connectivity index (χ0v) is 5.79. The van der Waals surface area contributed by atoms with E-state index in [4.69, 9.17) is 5.11 Å². The molecule has 0 fully saturated rings. The molecule has 1 N–H and O–H groups in total. The molecular weight excluding hydrogens is 116 g/mol. The Kier molecular flexibility index (Phi) is 3.17. The first kappa shape index (κ1) is 8.37. The Hall–Kier alpha value is -0.630. The maximum Gasteiger partial charge on any atom is 0.142 e. The number of rotatable bonds is 3. The van der Waals surface area contributed by atoms with Gasteiger partial charge in [-0.25, -0.2) is 0 Å². The van der Waals surface area contributed by atoms with Gasteiger partial charge in [0.05, 0.1) is 5.60 Å². The van der Waals surface area contributed by atoms with Gasteiger partial charge in [0.15, 0.2) is 0 Å². The molecule has 0 aliphatic rings. The molecule has 0 aromatic carbocycles. The van der Waals surface area contributed by atoms with E-state index in [9.17, 15) is 4.79 Å². The summed E-state index contributed by atoms with van der Waals surface area (Å²) in [6, 6.07) is 0. The van der Waals surface area contributed by atoms with Crippen LogP contribution in [0.2, 0.25) is 0 Å². The van der Waals surface area contributed by atoms with Crippen LogP contribution in [0, 0.1) is 0 Å². The molecule has 52 valence electrons. The fourth-order valence-corrected chi connectivity index (χ4v) is 0.412. The highest BCUT2D eigenvalue weighted by molar-refractivity contribution is 5.64. The van der Waals surface area contributed by atoms with Gasteiger partial charge in [0.2, 0.25) is 0 Å². The summed E-state index contributed by atoms with van der Waals surface area (Å²) in [6.07, 6.45) is 4.25. The summed E-state index contributed by atoms with van der Waals surface area (Å²) in [6.45, 7) is 3.39. The maximum atomic E-state index is 9.72.